The molecule has 5 nitrogen and oxygen atoms in total. The van der Waals surface area contributed by atoms with Crippen LogP contribution in [0.3, 0.4) is 0 Å². The van der Waals surface area contributed by atoms with Gasteiger partial charge in [0.25, 0.3) is 8.32 Å². The summed E-state index contributed by atoms with van der Waals surface area (Å²) in [6, 6.07) is 62.3. The van der Waals surface area contributed by atoms with Crippen LogP contribution in [0.2, 0.25) is 5.04 Å². The van der Waals surface area contributed by atoms with Crippen molar-refractivity contribution in [2.24, 2.45) is 11.3 Å². The van der Waals surface area contributed by atoms with Gasteiger partial charge in [-0.1, -0.05) is 191 Å². The fourth-order valence-electron chi connectivity index (χ4n) is 8.56. The summed E-state index contributed by atoms with van der Waals surface area (Å²) in [4.78, 5) is 19.7. The number of carbonyl (C=O) groups excluding carboxylic acids is 1. The van der Waals surface area contributed by atoms with Crippen molar-refractivity contribution in [3.63, 3.8) is 0 Å². The number of rotatable bonds is 13. The lowest BCUT2D eigenvalue weighted by Gasteiger charge is -2.43. The second-order valence-corrected chi connectivity index (χ2v) is 20.2. The molecule has 0 bridgehead atoms. The molecule has 56 heavy (non-hydrogen) atoms. The van der Waals surface area contributed by atoms with Crippen molar-refractivity contribution in [3.05, 3.63) is 205 Å². The summed E-state index contributed by atoms with van der Waals surface area (Å²) in [6.07, 6.45) is 2.38. The maximum Gasteiger partial charge on any atom is 0.261 e. The number of para-hydroxylation sites is 1. The monoisotopic (exact) mass is 752 g/mol. The maximum atomic E-state index is 15.1. The smallest absolute Gasteiger partial charge is 0.261 e. The number of aromatic nitrogens is 1. The molecule has 2 unspecified atom stereocenters. The predicted molar refractivity (Wildman–Crippen MR) is 230 cm³/mol. The number of anilines is 1. The Bertz CT molecular complexity index is 2250. The number of ether oxygens (including phenoxy) is 1. The predicted octanol–water partition coefficient (Wildman–Crippen LogP) is 9.76. The standard InChI is InChI=1S/C50H48N2O3Si/c1-48(2,3)56(43-29-15-7-16-30-43,44-31-17-8-18-32-44)55-36-42-35-49(42,47(53)52-45-33-19-21-38-22-20-34-51-46(38)45)37-54-50(39-23-9-4-10-24-39,40-25-11-5-12-26-40)41-27-13-6-14-28-41/h4-34,42H,35-37H2,1-3H3,(H,52,53). The van der Waals surface area contributed by atoms with Gasteiger partial charge in [0.05, 0.1) is 23.2 Å². The van der Waals surface area contributed by atoms with E-state index in [1.165, 1.54) is 10.4 Å². The Morgan fingerprint density at radius 2 is 1.14 bits per heavy atom. The first-order chi connectivity index (χ1) is 27.3. The summed E-state index contributed by atoms with van der Waals surface area (Å²) in [5, 5.41) is 6.52. The van der Waals surface area contributed by atoms with Crippen LogP contribution in [-0.4, -0.2) is 32.4 Å². The van der Waals surface area contributed by atoms with Crippen LogP contribution in [0, 0.1) is 11.3 Å². The maximum absolute atomic E-state index is 15.1. The highest BCUT2D eigenvalue weighted by molar-refractivity contribution is 6.99. The Kier molecular flexibility index (Phi) is 10.3. The van der Waals surface area contributed by atoms with E-state index >= 15 is 4.79 Å². The zero-order valence-electron chi connectivity index (χ0n) is 32.3. The minimum atomic E-state index is -2.88. The highest BCUT2D eigenvalue weighted by Gasteiger charge is 2.62. The Labute approximate surface area is 331 Å². The number of hydrogen-bond donors (Lipinski definition) is 1. The van der Waals surface area contributed by atoms with E-state index in [1.807, 2.05) is 84.9 Å². The summed E-state index contributed by atoms with van der Waals surface area (Å²) < 4.78 is 14.9. The molecule has 1 heterocycles. The van der Waals surface area contributed by atoms with Crippen LogP contribution in [0.15, 0.2) is 188 Å². The number of hydrogen-bond acceptors (Lipinski definition) is 4. The third kappa shape index (κ3) is 6.79. The van der Waals surface area contributed by atoms with Gasteiger partial charge in [-0.25, -0.2) is 0 Å². The molecule has 1 aromatic heterocycles. The van der Waals surface area contributed by atoms with Crippen LogP contribution in [0.25, 0.3) is 10.9 Å². The second kappa shape index (κ2) is 15.5. The Hall–Kier alpha value is -5.66. The summed E-state index contributed by atoms with van der Waals surface area (Å²) >= 11 is 0. The molecular weight excluding hydrogens is 705 g/mol. The topological polar surface area (TPSA) is 60.5 Å². The van der Waals surface area contributed by atoms with E-state index in [2.05, 4.69) is 128 Å². The van der Waals surface area contributed by atoms with E-state index in [-0.39, 0.29) is 23.5 Å². The molecule has 1 N–H and O–H groups in total. The summed E-state index contributed by atoms with van der Waals surface area (Å²) in [6.45, 7) is 7.45. The van der Waals surface area contributed by atoms with Crippen molar-refractivity contribution < 1.29 is 14.0 Å². The zero-order chi connectivity index (χ0) is 38.6. The molecule has 6 heteroatoms. The van der Waals surface area contributed by atoms with E-state index < -0.39 is 19.3 Å². The molecule has 0 radical (unpaired) electrons. The molecular formula is C50H48N2O3Si. The number of amides is 1. The number of fused-ring (bicyclic) bond motifs is 1. The summed E-state index contributed by atoms with van der Waals surface area (Å²) in [7, 11) is -2.88. The molecule has 1 saturated carbocycles. The quantitative estimate of drug-likeness (QED) is 0.0942. The molecule has 0 aliphatic heterocycles. The van der Waals surface area contributed by atoms with Crippen LogP contribution in [0.1, 0.15) is 43.9 Å². The highest BCUT2D eigenvalue weighted by Crippen LogP contribution is 2.56. The van der Waals surface area contributed by atoms with Gasteiger partial charge in [-0.2, -0.15) is 0 Å². The molecule has 7 aromatic rings. The number of carbonyl (C=O) groups is 1. The number of nitrogens with zero attached hydrogens (tertiary/aromatic N) is 1. The summed E-state index contributed by atoms with van der Waals surface area (Å²) in [5.74, 6) is -0.193. The minimum absolute atomic E-state index is 0.0882. The second-order valence-electron chi connectivity index (χ2n) is 15.9. The minimum Gasteiger partial charge on any atom is -0.407 e. The van der Waals surface area contributed by atoms with Gasteiger partial charge < -0.3 is 14.5 Å². The largest absolute Gasteiger partial charge is 0.407 e. The van der Waals surface area contributed by atoms with Crippen LogP contribution < -0.4 is 15.7 Å². The molecule has 1 aliphatic rings. The highest BCUT2D eigenvalue weighted by atomic mass is 28.4. The van der Waals surface area contributed by atoms with Crippen LogP contribution in [-0.2, 0) is 19.6 Å². The lowest BCUT2D eigenvalue weighted by molar-refractivity contribution is -0.126. The molecule has 1 aliphatic carbocycles. The van der Waals surface area contributed by atoms with Gasteiger partial charge in [-0.15, -0.1) is 0 Å². The molecule has 2 atom stereocenters. The van der Waals surface area contributed by atoms with Crippen molar-refractivity contribution in [3.8, 4) is 0 Å². The van der Waals surface area contributed by atoms with Crippen LogP contribution in [0.4, 0.5) is 5.69 Å². The molecule has 0 saturated heterocycles. The molecule has 1 fully saturated rings. The Balaban J connectivity index is 1.21. The van der Waals surface area contributed by atoms with Gasteiger partial charge in [-0.3, -0.25) is 9.78 Å². The SMILES string of the molecule is CC(C)(C)[Si](OCC1CC1(COC(c1ccccc1)(c1ccccc1)c1ccccc1)C(=O)Nc1cccc2cccnc12)(c1ccccc1)c1ccccc1. The van der Waals surface area contributed by atoms with Crippen LogP contribution >= 0.6 is 0 Å². The van der Waals surface area contributed by atoms with E-state index in [0.717, 1.165) is 27.6 Å². The van der Waals surface area contributed by atoms with Gasteiger partial charge in [0.2, 0.25) is 5.91 Å². The van der Waals surface area contributed by atoms with Crippen molar-refractivity contribution in [2.75, 3.05) is 18.5 Å². The van der Waals surface area contributed by atoms with E-state index in [0.29, 0.717) is 18.7 Å². The molecule has 6 aromatic carbocycles. The van der Waals surface area contributed by atoms with E-state index in [4.69, 9.17) is 9.16 Å². The van der Waals surface area contributed by atoms with Gasteiger partial charge in [0.1, 0.15) is 5.60 Å². The third-order valence-corrected chi connectivity index (χ3v) is 16.6. The number of benzene rings is 6. The third-order valence-electron chi connectivity index (χ3n) is 11.6. The van der Waals surface area contributed by atoms with Gasteiger partial charge in [-0.05, 0) is 56.6 Å². The molecule has 280 valence electrons. The first kappa shape index (κ1) is 37.3. The van der Waals surface area contributed by atoms with Gasteiger partial charge >= 0.3 is 0 Å². The lowest BCUT2D eigenvalue weighted by Crippen LogP contribution is -2.66. The molecule has 8 rings (SSSR count). The van der Waals surface area contributed by atoms with E-state index in [1.54, 1.807) is 6.20 Å². The summed E-state index contributed by atoms with van der Waals surface area (Å²) in [5.41, 5.74) is 2.56. The van der Waals surface area contributed by atoms with Crippen molar-refractivity contribution in [1.29, 1.82) is 0 Å². The average Bonchev–Trinajstić information content (AvgIpc) is 3.97. The Morgan fingerprint density at radius 3 is 1.64 bits per heavy atom. The molecule has 1 amide bonds. The first-order valence-corrected chi connectivity index (χ1v) is 21.4. The molecule has 0 spiro atoms. The normalized spacial score (nSPS) is 17.0. The van der Waals surface area contributed by atoms with Crippen molar-refractivity contribution in [1.82, 2.24) is 4.98 Å². The first-order valence-electron chi connectivity index (χ1n) is 19.5. The van der Waals surface area contributed by atoms with Crippen molar-refractivity contribution >= 4 is 41.2 Å². The Morgan fingerprint density at radius 1 is 0.661 bits per heavy atom. The van der Waals surface area contributed by atoms with Gasteiger partial charge in [0, 0.05) is 18.2 Å². The average molecular weight is 753 g/mol. The van der Waals surface area contributed by atoms with Crippen LogP contribution in [0.5, 0.6) is 0 Å². The zero-order valence-corrected chi connectivity index (χ0v) is 33.3. The van der Waals surface area contributed by atoms with Crippen molar-refractivity contribution in [2.45, 2.75) is 37.8 Å². The lowest BCUT2D eigenvalue weighted by atomic mass is 9.80. The fourth-order valence-corrected chi connectivity index (χ4v) is 13.2. The number of nitrogens with one attached hydrogen (secondary N) is 1. The number of pyridine rings is 1. The van der Waals surface area contributed by atoms with E-state index in [9.17, 15) is 0 Å². The fraction of sp³-hybridized carbons (Fsp3) is 0.200. The van der Waals surface area contributed by atoms with Gasteiger partial charge in [0.15, 0.2) is 0 Å².